The molecule has 1 N–H and O–H groups in total. The zero-order chi connectivity index (χ0) is 9.26. The second-order valence-electron chi connectivity index (χ2n) is 3.74. The third kappa shape index (κ3) is 3.08. The van der Waals surface area contributed by atoms with E-state index in [-0.39, 0.29) is 6.10 Å². The molecule has 1 unspecified atom stereocenters. The number of aliphatic hydroxyl groups excluding tert-OH is 1. The Morgan fingerprint density at radius 3 is 2.85 bits per heavy atom. The average Bonchev–Trinajstić information content (AvgIpc) is 2.76. The Bertz CT molecular complexity index is 280. The van der Waals surface area contributed by atoms with Gasteiger partial charge in [0.2, 0.25) is 0 Å². The molecule has 1 aliphatic carbocycles. The van der Waals surface area contributed by atoms with Gasteiger partial charge in [-0.2, -0.15) is 0 Å². The number of halogens is 1. The standard InChI is InChI=1S/C10H13BrOS/c11-10-4-3-9(13-10)6-8(12)5-7-1-2-7/h3-4,7-8,12H,1-2,5-6H2. The molecule has 3 heteroatoms. The van der Waals surface area contributed by atoms with Crippen LogP contribution in [0.15, 0.2) is 15.9 Å². The van der Waals surface area contributed by atoms with Crippen molar-refractivity contribution >= 4 is 27.3 Å². The third-order valence-corrected chi connectivity index (χ3v) is 4.01. The van der Waals surface area contributed by atoms with Crippen LogP contribution in [0.25, 0.3) is 0 Å². The average molecular weight is 261 g/mol. The van der Waals surface area contributed by atoms with Crippen LogP contribution >= 0.6 is 27.3 Å². The lowest BCUT2D eigenvalue weighted by atomic mass is 10.1. The van der Waals surface area contributed by atoms with E-state index in [1.54, 1.807) is 11.3 Å². The predicted octanol–water partition coefficient (Wildman–Crippen LogP) is 3.21. The highest BCUT2D eigenvalue weighted by Gasteiger charge is 2.24. The maximum Gasteiger partial charge on any atom is 0.0701 e. The highest BCUT2D eigenvalue weighted by molar-refractivity contribution is 9.11. The highest BCUT2D eigenvalue weighted by Crippen LogP contribution is 2.34. The van der Waals surface area contributed by atoms with E-state index in [4.69, 9.17) is 0 Å². The highest BCUT2D eigenvalue weighted by atomic mass is 79.9. The molecule has 0 spiro atoms. The fourth-order valence-corrected chi connectivity index (χ4v) is 3.07. The van der Waals surface area contributed by atoms with Gasteiger partial charge in [0.1, 0.15) is 0 Å². The first kappa shape index (κ1) is 9.69. The van der Waals surface area contributed by atoms with Crippen molar-refractivity contribution in [2.75, 3.05) is 0 Å². The van der Waals surface area contributed by atoms with E-state index in [9.17, 15) is 5.11 Å². The Kier molecular flexibility index (Phi) is 3.06. The lowest BCUT2D eigenvalue weighted by Crippen LogP contribution is -2.09. The normalized spacial score (nSPS) is 18.9. The first-order chi connectivity index (χ1) is 6.24. The van der Waals surface area contributed by atoms with Crippen LogP contribution in [-0.2, 0) is 6.42 Å². The fourth-order valence-electron chi connectivity index (χ4n) is 1.52. The van der Waals surface area contributed by atoms with Crippen LogP contribution < -0.4 is 0 Å². The molecule has 1 aromatic rings. The summed E-state index contributed by atoms with van der Waals surface area (Å²) in [6.07, 6.45) is 4.34. The van der Waals surface area contributed by atoms with Gasteiger partial charge < -0.3 is 5.11 Å². The molecular weight excluding hydrogens is 248 g/mol. The van der Waals surface area contributed by atoms with E-state index in [0.717, 1.165) is 22.5 Å². The van der Waals surface area contributed by atoms with Crippen molar-refractivity contribution in [2.24, 2.45) is 5.92 Å². The molecule has 1 fully saturated rings. The molecule has 0 aliphatic heterocycles. The minimum Gasteiger partial charge on any atom is -0.393 e. The molecular formula is C10H13BrOS. The summed E-state index contributed by atoms with van der Waals surface area (Å²) in [5.41, 5.74) is 0. The van der Waals surface area contributed by atoms with E-state index >= 15 is 0 Å². The van der Waals surface area contributed by atoms with Crippen LogP contribution in [0.4, 0.5) is 0 Å². The lowest BCUT2D eigenvalue weighted by Gasteiger charge is -2.07. The Labute approximate surface area is 90.9 Å². The Balaban J connectivity index is 1.82. The number of rotatable bonds is 4. The first-order valence-electron chi connectivity index (χ1n) is 4.66. The molecule has 13 heavy (non-hydrogen) atoms. The van der Waals surface area contributed by atoms with Gasteiger partial charge in [0.05, 0.1) is 9.89 Å². The van der Waals surface area contributed by atoms with E-state index < -0.39 is 0 Å². The molecule has 1 atom stereocenters. The van der Waals surface area contributed by atoms with Crippen LogP contribution in [0, 0.1) is 5.92 Å². The number of aliphatic hydroxyl groups is 1. The molecule has 1 heterocycles. The van der Waals surface area contributed by atoms with Crippen molar-refractivity contribution in [3.8, 4) is 0 Å². The summed E-state index contributed by atoms with van der Waals surface area (Å²) < 4.78 is 1.15. The summed E-state index contributed by atoms with van der Waals surface area (Å²) in [5.74, 6) is 0.818. The fraction of sp³-hybridized carbons (Fsp3) is 0.600. The van der Waals surface area contributed by atoms with Crippen molar-refractivity contribution in [3.05, 3.63) is 20.8 Å². The molecule has 0 radical (unpaired) electrons. The smallest absolute Gasteiger partial charge is 0.0701 e. The number of thiophene rings is 1. The SMILES string of the molecule is OC(Cc1ccc(Br)s1)CC1CC1. The zero-order valence-corrected chi connectivity index (χ0v) is 9.77. The van der Waals surface area contributed by atoms with Gasteiger partial charge in [-0.25, -0.2) is 0 Å². The van der Waals surface area contributed by atoms with Crippen LogP contribution in [0.5, 0.6) is 0 Å². The quantitative estimate of drug-likeness (QED) is 0.882. The van der Waals surface area contributed by atoms with Crippen molar-refractivity contribution in [1.82, 2.24) is 0 Å². The minimum atomic E-state index is -0.127. The molecule has 1 nitrogen and oxygen atoms in total. The van der Waals surface area contributed by atoms with Gasteiger partial charge in [0.25, 0.3) is 0 Å². The van der Waals surface area contributed by atoms with Gasteiger partial charge in [-0.15, -0.1) is 11.3 Å². The second kappa shape index (κ2) is 4.11. The van der Waals surface area contributed by atoms with Crippen LogP contribution in [-0.4, -0.2) is 11.2 Å². The van der Waals surface area contributed by atoms with Gasteiger partial charge in [-0.05, 0) is 40.4 Å². The monoisotopic (exact) mass is 260 g/mol. The molecule has 72 valence electrons. The second-order valence-corrected chi connectivity index (χ2v) is 6.29. The van der Waals surface area contributed by atoms with Gasteiger partial charge in [0, 0.05) is 11.3 Å². The van der Waals surface area contributed by atoms with Gasteiger partial charge >= 0.3 is 0 Å². The molecule has 0 bridgehead atoms. The van der Waals surface area contributed by atoms with Crippen molar-refractivity contribution < 1.29 is 5.11 Å². The van der Waals surface area contributed by atoms with E-state index in [0.29, 0.717) is 0 Å². The van der Waals surface area contributed by atoms with Crippen molar-refractivity contribution in [1.29, 1.82) is 0 Å². The van der Waals surface area contributed by atoms with Crippen molar-refractivity contribution in [2.45, 2.75) is 31.8 Å². The van der Waals surface area contributed by atoms with Crippen LogP contribution in [0.1, 0.15) is 24.1 Å². The molecule has 1 aliphatic rings. The van der Waals surface area contributed by atoms with E-state index in [1.165, 1.54) is 17.7 Å². The van der Waals surface area contributed by atoms with E-state index in [1.807, 2.05) is 6.07 Å². The molecule has 0 aromatic carbocycles. The Morgan fingerprint density at radius 1 is 1.54 bits per heavy atom. The summed E-state index contributed by atoms with van der Waals surface area (Å²) in [6, 6.07) is 4.13. The summed E-state index contributed by atoms with van der Waals surface area (Å²) in [4.78, 5) is 1.28. The summed E-state index contributed by atoms with van der Waals surface area (Å²) >= 11 is 5.14. The maximum atomic E-state index is 9.71. The summed E-state index contributed by atoms with van der Waals surface area (Å²) in [7, 11) is 0. The van der Waals surface area contributed by atoms with Crippen molar-refractivity contribution in [3.63, 3.8) is 0 Å². The van der Waals surface area contributed by atoms with E-state index in [2.05, 4.69) is 22.0 Å². The Morgan fingerprint density at radius 2 is 2.31 bits per heavy atom. The minimum absolute atomic E-state index is 0.127. The largest absolute Gasteiger partial charge is 0.393 e. The third-order valence-electron chi connectivity index (χ3n) is 2.37. The number of hydrogen-bond acceptors (Lipinski definition) is 2. The molecule has 1 aromatic heterocycles. The molecule has 1 saturated carbocycles. The van der Waals surface area contributed by atoms with Crippen LogP contribution in [0.2, 0.25) is 0 Å². The molecule has 2 rings (SSSR count). The first-order valence-corrected chi connectivity index (χ1v) is 6.27. The zero-order valence-electron chi connectivity index (χ0n) is 7.37. The Hall–Kier alpha value is 0.140. The van der Waals surface area contributed by atoms with Crippen LogP contribution in [0.3, 0.4) is 0 Å². The van der Waals surface area contributed by atoms with Gasteiger partial charge in [0.15, 0.2) is 0 Å². The summed E-state index contributed by atoms with van der Waals surface area (Å²) in [5, 5.41) is 9.71. The lowest BCUT2D eigenvalue weighted by molar-refractivity contribution is 0.159. The molecule has 0 amide bonds. The molecule has 0 saturated heterocycles. The maximum absolute atomic E-state index is 9.71. The summed E-state index contributed by atoms with van der Waals surface area (Å²) in [6.45, 7) is 0. The predicted molar refractivity (Wildman–Crippen MR) is 59.1 cm³/mol. The van der Waals surface area contributed by atoms with Gasteiger partial charge in [-0.1, -0.05) is 12.8 Å². The van der Waals surface area contributed by atoms with Gasteiger partial charge in [-0.3, -0.25) is 0 Å². The number of hydrogen-bond donors (Lipinski definition) is 1. The topological polar surface area (TPSA) is 20.2 Å².